The van der Waals surface area contributed by atoms with Crippen molar-refractivity contribution < 1.29 is 9.53 Å². The Bertz CT molecular complexity index is 1020. The fourth-order valence-corrected chi connectivity index (χ4v) is 3.37. The lowest BCUT2D eigenvalue weighted by Crippen LogP contribution is -2.26. The maximum absolute atomic E-state index is 10.8. The molecule has 2 N–H and O–H groups in total. The van der Waals surface area contributed by atoms with Crippen molar-refractivity contribution in [1.82, 2.24) is 9.97 Å². The molecule has 1 fully saturated rings. The predicted molar refractivity (Wildman–Crippen MR) is 119 cm³/mol. The molecule has 0 amide bonds. The van der Waals surface area contributed by atoms with Crippen LogP contribution in [0.3, 0.4) is 0 Å². The van der Waals surface area contributed by atoms with E-state index in [2.05, 4.69) is 36.4 Å². The van der Waals surface area contributed by atoms with Crippen LogP contribution in [0.4, 0.5) is 17.5 Å². The third-order valence-corrected chi connectivity index (χ3v) is 4.94. The van der Waals surface area contributed by atoms with E-state index in [1.54, 1.807) is 0 Å². The molecule has 6 nitrogen and oxygen atoms in total. The SMILES string of the molecule is CC(C)(C)Nc1cc(-c2ccccc2)nc(Nc2ccc(C3(OC=O)CC3)cc2)n1. The zero-order chi connectivity index (χ0) is 21.2. The zero-order valence-electron chi connectivity index (χ0n) is 17.5. The topological polar surface area (TPSA) is 76.1 Å². The van der Waals surface area contributed by atoms with Crippen LogP contribution >= 0.6 is 0 Å². The number of carbonyl (C=O) groups is 1. The van der Waals surface area contributed by atoms with Gasteiger partial charge in [-0.3, -0.25) is 4.79 Å². The summed E-state index contributed by atoms with van der Waals surface area (Å²) in [6.07, 6.45) is 1.73. The van der Waals surface area contributed by atoms with Crippen LogP contribution in [0.15, 0.2) is 60.7 Å². The Morgan fingerprint density at radius 1 is 1.00 bits per heavy atom. The van der Waals surface area contributed by atoms with Gasteiger partial charge in [0.2, 0.25) is 5.95 Å². The number of hydrogen-bond donors (Lipinski definition) is 2. The van der Waals surface area contributed by atoms with Gasteiger partial charge in [0.15, 0.2) is 0 Å². The Kier molecular flexibility index (Phi) is 5.16. The number of hydrogen-bond acceptors (Lipinski definition) is 6. The summed E-state index contributed by atoms with van der Waals surface area (Å²) in [6.45, 7) is 6.82. The predicted octanol–water partition coefficient (Wildman–Crippen LogP) is 5.26. The quantitative estimate of drug-likeness (QED) is 0.525. The average molecular weight is 402 g/mol. The molecule has 6 heteroatoms. The molecule has 4 rings (SSSR count). The third-order valence-electron chi connectivity index (χ3n) is 4.94. The molecular weight excluding hydrogens is 376 g/mol. The third kappa shape index (κ3) is 4.59. The van der Waals surface area contributed by atoms with E-state index in [0.29, 0.717) is 12.4 Å². The molecule has 0 radical (unpaired) electrons. The summed E-state index contributed by atoms with van der Waals surface area (Å²) < 4.78 is 5.28. The van der Waals surface area contributed by atoms with E-state index < -0.39 is 5.60 Å². The first kappa shape index (κ1) is 19.9. The van der Waals surface area contributed by atoms with Gasteiger partial charge in [-0.15, -0.1) is 0 Å². The number of ether oxygens (including phenoxy) is 1. The first-order valence-corrected chi connectivity index (χ1v) is 10.1. The molecule has 2 aromatic carbocycles. The average Bonchev–Trinajstić information content (AvgIpc) is 3.49. The summed E-state index contributed by atoms with van der Waals surface area (Å²) in [5.41, 5.74) is 3.18. The summed E-state index contributed by atoms with van der Waals surface area (Å²) in [5.74, 6) is 1.27. The van der Waals surface area contributed by atoms with Gasteiger partial charge >= 0.3 is 0 Å². The van der Waals surface area contributed by atoms with Gasteiger partial charge in [0.1, 0.15) is 11.4 Å². The van der Waals surface area contributed by atoms with Gasteiger partial charge in [0.05, 0.1) is 5.69 Å². The summed E-state index contributed by atoms with van der Waals surface area (Å²) in [6, 6.07) is 19.9. The van der Waals surface area contributed by atoms with E-state index in [-0.39, 0.29) is 5.54 Å². The molecule has 1 heterocycles. The second kappa shape index (κ2) is 7.78. The van der Waals surface area contributed by atoms with Crippen LogP contribution in [0.2, 0.25) is 0 Å². The lowest BCUT2D eigenvalue weighted by atomic mass is 10.1. The van der Waals surface area contributed by atoms with E-state index in [1.165, 1.54) is 0 Å². The smallest absolute Gasteiger partial charge is 0.293 e. The molecule has 154 valence electrons. The van der Waals surface area contributed by atoms with E-state index in [4.69, 9.17) is 9.72 Å². The van der Waals surface area contributed by atoms with Crippen molar-refractivity contribution in [1.29, 1.82) is 0 Å². The van der Waals surface area contributed by atoms with Gasteiger partial charge in [-0.1, -0.05) is 42.5 Å². The van der Waals surface area contributed by atoms with E-state index in [1.807, 2.05) is 60.7 Å². The Morgan fingerprint density at radius 2 is 1.70 bits per heavy atom. The second-order valence-electron chi connectivity index (χ2n) is 8.61. The highest BCUT2D eigenvalue weighted by Crippen LogP contribution is 2.48. The van der Waals surface area contributed by atoms with Crippen LogP contribution < -0.4 is 10.6 Å². The second-order valence-corrected chi connectivity index (χ2v) is 8.61. The monoisotopic (exact) mass is 402 g/mol. The lowest BCUT2D eigenvalue weighted by molar-refractivity contribution is -0.136. The van der Waals surface area contributed by atoms with Crippen LogP contribution in [-0.2, 0) is 15.1 Å². The number of anilines is 3. The molecule has 0 saturated heterocycles. The van der Waals surface area contributed by atoms with Crippen LogP contribution in [0, 0.1) is 0 Å². The maximum atomic E-state index is 10.8. The molecule has 1 saturated carbocycles. The van der Waals surface area contributed by atoms with Crippen molar-refractivity contribution in [3.8, 4) is 11.3 Å². The van der Waals surface area contributed by atoms with Crippen molar-refractivity contribution >= 4 is 23.9 Å². The molecule has 0 spiro atoms. The molecule has 0 bridgehead atoms. The van der Waals surface area contributed by atoms with Crippen LogP contribution in [0.5, 0.6) is 0 Å². The van der Waals surface area contributed by atoms with Crippen molar-refractivity contribution in [2.45, 2.75) is 44.8 Å². The molecule has 1 aliphatic carbocycles. The number of benzene rings is 2. The fourth-order valence-electron chi connectivity index (χ4n) is 3.37. The molecule has 0 aliphatic heterocycles. The van der Waals surface area contributed by atoms with Gasteiger partial charge in [0.25, 0.3) is 6.47 Å². The van der Waals surface area contributed by atoms with Gasteiger partial charge in [-0.25, -0.2) is 4.98 Å². The van der Waals surface area contributed by atoms with E-state index in [9.17, 15) is 4.79 Å². The van der Waals surface area contributed by atoms with Gasteiger partial charge in [0, 0.05) is 22.9 Å². The molecular formula is C24H26N4O2. The highest BCUT2D eigenvalue weighted by Gasteiger charge is 2.46. The zero-order valence-corrected chi connectivity index (χ0v) is 17.5. The highest BCUT2D eigenvalue weighted by atomic mass is 16.5. The molecule has 1 aliphatic rings. The first-order valence-electron chi connectivity index (χ1n) is 10.1. The summed E-state index contributed by atoms with van der Waals surface area (Å²) in [5, 5.41) is 6.73. The Morgan fingerprint density at radius 3 is 2.30 bits per heavy atom. The van der Waals surface area contributed by atoms with Crippen molar-refractivity contribution in [3.05, 3.63) is 66.2 Å². The molecule has 3 aromatic rings. The van der Waals surface area contributed by atoms with E-state index >= 15 is 0 Å². The van der Waals surface area contributed by atoms with E-state index in [0.717, 1.165) is 41.2 Å². The molecule has 0 unspecified atom stereocenters. The molecule has 1 aromatic heterocycles. The van der Waals surface area contributed by atoms with Crippen molar-refractivity contribution in [2.75, 3.05) is 10.6 Å². The molecule has 0 atom stereocenters. The van der Waals surface area contributed by atoms with Gasteiger partial charge in [-0.05, 0) is 51.3 Å². The summed E-state index contributed by atoms with van der Waals surface area (Å²) in [4.78, 5) is 20.1. The maximum Gasteiger partial charge on any atom is 0.293 e. The van der Waals surface area contributed by atoms with Crippen molar-refractivity contribution in [2.24, 2.45) is 0 Å². The largest absolute Gasteiger partial charge is 0.456 e. The number of nitrogens with one attached hydrogen (secondary N) is 2. The fraction of sp³-hybridized carbons (Fsp3) is 0.292. The standard InChI is InChI=1S/C24H26N4O2/c1-23(2,3)28-21-15-20(17-7-5-4-6-8-17)26-22(27-21)25-19-11-9-18(10-12-19)24(13-14-24)30-16-29/h4-12,15-16H,13-14H2,1-3H3,(H2,25,26,27,28). The number of carbonyl (C=O) groups excluding carboxylic acids is 1. The highest BCUT2D eigenvalue weighted by molar-refractivity contribution is 5.66. The minimum absolute atomic E-state index is 0.127. The number of aromatic nitrogens is 2. The minimum Gasteiger partial charge on any atom is -0.456 e. The first-order chi connectivity index (χ1) is 14.4. The van der Waals surface area contributed by atoms with Crippen LogP contribution in [0.25, 0.3) is 11.3 Å². The lowest BCUT2D eigenvalue weighted by Gasteiger charge is -2.22. The van der Waals surface area contributed by atoms with Crippen LogP contribution in [-0.4, -0.2) is 22.0 Å². The van der Waals surface area contributed by atoms with Crippen LogP contribution in [0.1, 0.15) is 39.2 Å². The summed E-state index contributed by atoms with van der Waals surface area (Å²) in [7, 11) is 0. The number of rotatable bonds is 7. The Labute approximate surface area is 176 Å². The normalized spacial score (nSPS) is 14.6. The number of nitrogens with zero attached hydrogens (tertiary/aromatic N) is 2. The Hall–Kier alpha value is -3.41. The minimum atomic E-state index is -0.437. The summed E-state index contributed by atoms with van der Waals surface area (Å²) >= 11 is 0. The van der Waals surface area contributed by atoms with Gasteiger partial charge < -0.3 is 15.4 Å². The molecule has 30 heavy (non-hydrogen) atoms. The van der Waals surface area contributed by atoms with Gasteiger partial charge in [-0.2, -0.15) is 4.98 Å². The van der Waals surface area contributed by atoms with Crippen molar-refractivity contribution in [3.63, 3.8) is 0 Å². The Balaban J connectivity index is 1.61.